The minimum absolute atomic E-state index is 0.529. The smallest absolute Gasteiger partial charge is 0.0604 e. The summed E-state index contributed by atoms with van der Waals surface area (Å²) >= 11 is 0. The van der Waals surface area contributed by atoms with Crippen LogP contribution in [0.5, 0.6) is 0 Å². The molecule has 1 rings (SSSR count). The van der Waals surface area contributed by atoms with E-state index in [9.17, 15) is 0 Å². The van der Waals surface area contributed by atoms with Crippen molar-refractivity contribution in [3.8, 4) is 0 Å². The summed E-state index contributed by atoms with van der Waals surface area (Å²) in [6, 6.07) is 0.705. The highest BCUT2D eigenvalue weighted by atomic mass is 16.5. The summed E-state index contributed by atoms with van der Waals surface area (Å²) in [4.78, 5) is 2.20. The second kappa shape index (κ2) is 5.58. The molecule has 0 heterocycles. The summed E-state index contributed by atoms with van der Waals surface area (Å²) in [6.45, 7) is 5.13. The topological polar surface area (TPSA) is 24.5 Å². The van der Waals surface area contributed by atoms with E-state index in [2.05, 4.69) is 31.2 Å². The Morgan fingerprint density at radius 3 is 2.62 bits per heavy atom. The number of hydrogen-bond donors (Lipinski definition) is 1. The first-order valence-electron chi connectivity index (χ1n) is 5.22. The maximum atomic E-state index is 5.49. The predicted molar refractivity (Wildman–Crippen MR) is 55.0 cm³/mol. The van der Waals surface area contributed by atoms with E-state index in [1.807, 2.05) is 0 Å². The molecule has 0 aliphatic heterocycles. The molecule has 1 N–H and O–H groups in total. The summed E-state index contributed by atoms with van der Waals surface area (Å²) in [6.07, 6.45) is 2.92. The van der Waals surface area contributed by atoms with Crippen molar-refractivity contribution in [1.82, 2.24) is 10.2 Å². The maximum Gasteiger partial charge on any atom is 0.0604 e. The van der Waals surface area contributed by atoms with Crippen molar-refractivity contribution in [1.29, 1.82) is 0 Å². The van der Waals surface area contributed by atoms with Crippen molar-refractivity contribution >= 4 is 0 Å². The molecule has 0 amide bonds. The first kappa shape index (κ1) is 11.0. The highest BCUT2D eigenvalue weighted by molar-refractivity contribution is 4.85. The molecule has 0 unspecified atom stereocenters. The summed E-state index contributed by atoms with van der Waals surface area (Å²) in [5, 5.41) is 3.52. The van der Waals surface area contributed by atoms with Crippen LogP contribution < -0.4 is 5.32 Å². The SMILES string of the molecule is CCOC1CC(NCCN(C)C)C1. The average Bonchev–Trinajstić information content (AvgIpc) is 1.99. The van der Waals surface area contributed by atoms with Crippen LogP contribution in [-0.2, 0) is 4.74 Å². The summed E-state index contributed by atoms with van der Waals surface area (Å²) < 4.78 is 5.49. The molecule has 0 aromatic heterocycles. The lowest BCUT2D eigenvalue weighted by molar-refractivity contribution is -0.00992. The van der Waals surface area contributed by atoms with Crippen molar-refractivity contribution in [2.45, 2.75) is 31.9 Å². The highest BCUT2D eigenvalue weighted by Crippen LogP contribution is 2.22. The van der Waals surface area contributed by atoms with Crippen molar-refractivity contribution in [3.05, 3.63) is 0 Å². The van der Waals surface area contributed by atoms with Gasteiger partial charge in [-0.3, -0.25) is 0 Å². The van der Waals surface area contributed by atoms with Gasteiger partial charge < -0.3 is 15.0 Å². The predicted octanol–water partition coefficient (Wildman–Crippen LogP) is 0.705. The van der Waals surface area contributed by atoms with E-state index in [0.29, 0.717) is 12.1 Å². The van der Waals surface area contributed by atoms with Gasteiger partial charge in [0.1, 0.15) is 0 Å². The van der Waals surface area contributed by atoms with E-state index in [1.165, 1.54) is 12.8 Å². The molecule has 0 atom stereocenters. The van der Waals surface area contributed by atoms with E-state index in [1.54, 1.807) is 0 Å². The lowest BCUT2D eigenvalue weighted by Crippen LogP contribution is -2.47. The van der Waals surface area contributed by atoms with Gasteiger partial charge in [-0.2, -0.15) is 0 Å². The molecule has 1 aliphatic rings. The maximum absolute atomic E-state index is 5.49. The molecule has 3 nitrogen and oxygen atoms in total. The van der Waals surface area contributed by atoms with Crippen LogP contribution in [0.1, 0.15) is 19.8 Å². The van der Waals surface area contributed by atoms with E-state index in [0.717, 1.165) is 19.7 Å². The number of rotatable bonds is 6. The van der Waals surface area contributed by atoms with Crippen LogP contribution in [-0.4, -0.2) is 50.8 Å². The number of hydrogen-bond acceptors (Lipinski definition) is 3. The van der Waals surface area contributed by atoms with E-state index >= 15 is 0 Å². The molecule has 0 saturated heterocycles. The fraction of sp³-hybridized carbons (Fsp3) is 1.00. The molecular formula is C10H22N2O. The Bertz CT molecular complexity index is 133. The zero-order valence-corrected chi connectivity index (χ0v) is 9.05. The Balaban J connectivity index is 1.90. The standard InChI is InChI=1S/C10H22N2O/c1-4-13-10-7-9(8-10)11-5-6-12(2)3/h9-11H,4-8H2,1-3H3. The molecule has 0 radical (unpaired) electrons. The molecule has 0 bridgehead atoms. The summed E-state index contributed by atoms with van der Waals surface area (Å²) in [5.74, 6) is 0. The van der Waals surface area contributed by atoms with Crippen molar-refractivity contribution in [2.75, 3.05) is 33.8 Å². The molecule has 1 fully saturated rings. The van der Waals surface area contributed by atoms with E-state index in [4.69, 9.17) is 4.74 Å². The third-order valence-corrected chi connectivity index (χ3v) is 2.49. The third kappa shape index (κ3) is 4.07. The van der Waals surface area contributed by atoms with E-state index in [-0.39, 0.29) is 0 Å². The quantitative estimate of drug-likeness (QED) is 0.661. The number of likely N-dealkylation sites (N-methyl/N-ethyl adjacent to an activating group) is 1. The minimum Gasteiger partial charge on any atom is -0.378 e. The number of ether oxygens (including phenoxy) is 1. The molecular weight excluding hydrogens is 164 g/mol. The highest BCUT2D eigenvalue weighted by Gasteiger charge is 2.28. The first-order chi connectivity index (χ1) is 6.22. The Kier molecular flexibility index (Phi) is 4.70. The van der Waals surface area contributed by atoms with Gasteiger partial charge in [-0.15, -0.1) is 0 Å². The van der Waals surface area contributed by atoms with Crippen LogP contribution in [0.2, 0.25) is 0 Å². The Morgan fingerprint density at radius 1 is 1.38 bits per heavy atom. The summed E-state index contributed by atoms with van der Waals surface area (Å²) in [5.41, 5.74) is 0. The average molecular weight is 186 g/mol. The molecule has 0 aromatic rings. The fourth-order valence-electron chi connectivity index (χ4n) is 1.60. The van der Waals surface area contributed by atoms with Crippen LogP contribution >= 0.6 is 0 Å². The Morgan fingerprint density at radius 2 is 2.08 bits per heavy atom. The van der Waals surface area contributed by atoms with Gasteiger partial charge in [0.25, 0.3) is 0 Å². The molecule has 1 saturated carbocycles. The number of nitrogens with zero attached hydrogens (tertiary/aromatic N) is 1. The van der Waals surface area contributed by atoms with Crippen LogP contribution in [0.15, 0.2) is 0 Å². The van der Waals surface area contributed by atoms with Crippen LogP contribution in [0, 0.1) is 0 Å². The van der Waals surface area contributed by atoms with Crippen molar-refractivity contribution in [2.24, 2.45) is 0 Å². The normalized spacial score (nSPS) is 27.7. The molecule has 3 heteroatoms. The van der Waals surface area contributed by atoms with Gasteiger partial charge in [0, 0.05) is 25.7 Å². The van der Waals surface area contributed by atoms with Gasteiger partial charge >= 0.3 is 0 Å². The minimum atomic E-state index is 0.529. The molecule has 78 valence electrons. The molecule has 13 heavy (non-hydrogen) atoms. The second-order valence-electron chi connectivity index (χ2n) is 4.00. The van der Waals surface area contributed by atoms with Crippen LogP contribution in [0.4, 0.5) is 0 Å². The van der Waals surface area contributed by atoms with Gasteiger partial charge in [0.05, 0.1) is 6.10 Å². The lowest BCUT2D eigenvalue weighted by atomic mass is 9.89. The fourth-order valence-corrected chi connectivity index (χ4v) is 1.60. The Hall–Kier alpha value is -0.120. The van der Waals surface area contributed by atoms with Gasteiger partial charge in [0.15, 0.2) is 0 Å². The molecule has 1 aliphatic carbocycles. The van der Waals surface area contributed by atoms with Crippen molar-refractivity contribution in [3.63, 3.8) is 0 Å². The molecule has 0 aromatic carbocycles. The van der Waals surface area contributed by atoms with Gasteiger partial charge in [-0.25, -0.2) is 0 Å². The van der Waals surface area contributed by atoms with Crippen LogP contribution in [0.25, 0.3) is 0 Å². The third-order valence-electron chi connectivity index (χ3n) is 2.49. The monoisotopic (exact) mass is 186 g/mol. The van der Waals surface area contributed by atoms with E-state index < -0.39 is 0 Å². The van der Waals surface area contributed by atoms with Gasteiger partial charge in [-0.05, 0) is 33.9 Å². The lowest BCUT2D eigenvalue weighted by Gasteiger charge is -2.35. The molecule has 0 spiro atoms. The largest absolute Gasteiger partial charge is 0.378 e. The summed E-state index contributed by atoms with van der Waals surface area (Å²) in [7, 11) is 4.21. The zero-order valence-electron chi connectivity index (χ0n) is 9.05. The Labute approximate surface area is 81.4 Å². The van der Waals surface area contributed by atoms with Crippen molar-refractivity contribution < 1.29 is 4.74 Å². The van der Waals surface area contributed by atoms with Crippen LogP contribution in [0.3, 0.4) is 0 Å². The van der Waals surface area contributed by atoms with Gasteiger partial charge in [0.2, 0.25) is 0 Å². The zero-order chi connectivity index (χ0) is 9.68. The second-order valence-corrected chi connectivity index (χ2v) is 4.00. The van der Waals surface area contributed by atoms with Gasteiger partial charge in [-0.1, -0.05) is 0 Å². The first-order valence-corrected chi connectivity index (χ1v) is 5.22. The number of nitrogens with one attached hydrogen (secondary N) is 1.